The normalized spacial score (nSPS) is 11.2. The van der Waals surface area contributed by atoms with E-state index in [0.29, 0.717) is 0 Å². The number of benzene rings is 1. The molecule has 1 aromatic carbocycles. The number of anilines is 1. The lowest BCUT2D eigenvalue weighted by Gasteiger charge is -2.23. The molecule has 0 aliphatic rings. The molecule has 1 amide bonds. The first-order chi connectivity index (χ1) is 8.70. The molecule has 0 spiro atoms. The van der Waals surface area contributed by atoms with Gasteiger partial charge < -0.3 is 10.4 Å². The van der Waals surface area contributed by atoms with Crippen LogP contribution in [0.15, 0.2) is 22.7 Å². The summed E-state index contributed by atoms with van der Waals surface area (Å²) in [6.45, 7) is 6.17. The van der Waals surface area contributed by atoms with Crippen LogP contribution in [0.1, 0.15) is 39.2 Å². The summed E-state index contributed by atoms with van der Waals surface area (Å²) in [4.78, 5) is 22.1. The van der Waals surface area contributed by atoms with Gasteiger partial charge in [0.15, 0.2) is 0 Å². The van der Waals surface area contributed by atoms with Gasteiger partial charge >= 0.3 is 5.97 Å². The van der Waals surface area contributed by atoms with E-state index in [-0.39, 0.29) is 24.2 Å². The van der Waals surface area contributed by atoms with Crippen LogP contribution >= 0.6 is 15.9 Å². The fourth-order valence-electron chi connectivity index (χ4n) is 1.68. The van der Waals surface area contributed by atoms with Crippen molar-refractivity contribution >= 4 is 33.5 Å². The summed E-state index contributed by atoms with van der Waals surface area (Å²) in [5, 5.41) is 11.3. The number of amides is 1. The smallest absolute Gasteiger partial charge is 0.303 e. The SMILES string of the molecule is CC(C)(C)c1cc(Br)ccc1NC(=O)CCC(=O)O. The van der Waals surface area contributed by atoms with Crippen molar-refractivity contribution in [3.8, 4) is 0 Å². The van der Waals surface area contributed by atoms with Gasteiger partial charge in [-0.3, -0.25) is 9.59 Å². The lowest BCUT2D eigenvalue weighted by Crippen LogP contribution is -2.19. The summed E-state index contributed by atoms with van der Waals surface area (Å²) in [6.07, 6.45) is -0.178. The Morgan fingerprint density at radius 2 is 1.89 bits per heavy atom. The molecule has 1 rings (SSSR count). The highest BCUT2D eigenvalue weighted by atomic mass is 79.9. The second-order valence-electron chi connectivity index (χ2n) is 5.38. The number of aliphatic carboxylic acids is 1. The fourth-order valence-corrected chi connectivity index (χ4v) is 2.04. The molecule has 0 bridgehead atoms. The lowest BCUT2D eigenvalue weighted by molar-refractivity contribution is -0.138. The van der Waals surface area contributed by atoms with Crippen molar-refractivity contribution in [1.82, 2.24) is 0 Å². The van der Waals surface area contributed by atoms with Gasteiger partial charge in [-0.15, -0.1) is 0 Å². The zero-order valence-electron chi connectivity index (χ0n) is 11.3. The molecule has 0 atom stereocenters. The Bertz CT molecular complexity index is 492. The van der Waals surface area contributed by atoms with E-state index in [4.69, 9.17) is 5.11 Å². The van der Waals surface area contributed by atoms with Crippen molar-refractivity contribution in [2.75, 3.05) is 5.32 Å². The number of carbonyl (C=O) groups is 2. The monoisotopic (exact) mass is 327 g/mol. The summed E-state index contributed by atoms with van der Waals surface area (Å²) < 4.78 is 0.945. The number of rotatable bonds is 4. The van der Waals surface area contributed by atoms with Crippen molar-refractivity contribution in [3.05, 3.63) is 28.2 Å². The molecule has 19 heavy (non-hydrogen) atoms. The van der Waals surface area contributed by atoms with Crippen molar-refractivity contribution in [2.24, 2.45) is 0 Å². The second kappa shape index (κ2) is 6.19. The van der Waals surface area contributed by atoms with Crippen molar-refractivity contribution in [1.29, 1.82) is 0 Å². The zero-order valence-corrected chi connectivity index (χ0v) is 12.9. The molecule has 0 unspecified atom stereocenters. The number of carboxylic acid groups (broad SMARTS) is 1. The Kier molecular flexibility index (Phi) is 5.11. The van der Waals surface area contributed by atoms with E-state index in [1.807, 2.05) is 18.2 Å². The van der Waals surface area contributed by atoms with Crippen LogP contribution in [0.3, 0.4) is 0 Å². The molecule has 0 aliphatic carbocycles. The number of halogens is 1. The average molecular weight is 328 g/mol. The number of carboxylic acids is 1. The second-order valence-corrected chi connectivity index (χ2v) is 6.30. The maximum absolute atomic E-state index is 11.7. The van der Waals surface area contributed by atoms with E-state index in [1.54, 1.807) is 0 Å². The van der Waals surface area contributed by atoms with Crippen LogP contribution in [0.4, 0.5) is 5.69 Å². The average Bonchev–Trinajstić information content (AvgIpc) is 2.27. The zero-order chi connectivity index (χ0) is 14.6. The summed E-state index contributed by atoms with van der Waals surface area (Å²) >= 11 is 3.41. The van der Waals surface area contributed by atoms with E-state index in [2.05, 4.69) is 42.0 Å². The number of hydrogen-bond donors (Lipinski definition) is 2. The van der Waals surface area contributed by atoms with E-state index < -0.39 is 5.97 Å². The molecular weight excluding hydrogens is 310 g/mol. The fraction of sp³-hybridized carbons (Fsp3) is 0.429. The van der Waals surface area contributed by atoms with E-state index in [1.165, 1.54) is 0 Å². The van der Waals surface area contributed by atoms with Crippen LogP contribution in [-0.4, -0.2) is 17.0 Å². The summed E-state index contributed by atoms with van der Waals surface area (Å²) in [7, 11) is 0. The van der Waals surface area contributed by atoms with E-state index in [0.717, 1.165) is 15.7 Å². The largest absolute Gasteiger partial charge is 0.481 e. The van der Waals surface area contributed by atoms with Gasteiger partial charge in [0.25, 0.3) is 0 Å². The van der Waals surface area contributed by atoms with Gasteiger partial charge in [0.05, 0.1) is 6.42 Å². The highest BCUT2D eigenvalue weighted by Gasteiger charge is 2.19. The van der Waals surface area contributed by atoms with Crippen LogP contribution < -0.4 is 5.32 Å². The van der Waals surface area contributed by atoms with E-state index in [9.17, 15) is 9.59 Å². The molecule has 0 aliphatic heterocycles. The highest BCUT2D eigenvalue weighted by molar-refractivity contribution is 9.10. The maximum atomic E-state index is 11.7. The molecule has 0 saturated carbocycles. The molecule has 0 saturated heterocycles. The maximum Gasteiger partial charge on any atom is 0.303 e. The van der Waals surface area contributed by atoms with Gasteiger partial charge in [0.1, 0.15) is 0 Å². The summed E-state index contributed by atoms with van der Waals surface area (Å²) in [5.41, 5.74) is 1.62. The third-order valence-corrected chi connectivity index (χ3v) is 3.12. The summed E-state index contributed by atoms with van der Waals surface area (Å²) in [5.74, 6) is -1.25. The standard InChI is InChI=1S/C14H18BrNO3/c1-14(2,3)10-8-9(15)4-5-11(10)16-12(17)6-7-13(18)19/h4-5,8H,6-7H2,1-3H3,(H,16,17)(H,18,19). The van der Waals surface area contributed by atoms with Crippen LogP contribution in [0.25, 0.3) is 0 Å². The molecule has 4 nitrogen and oxygen atoms in total. The minimum atomic E-state index is -0.970. The van der Waals surface area contributed by atoms with Gasteiger partial charge in [-0.25, -0.2) is 0 Å². The molecule has 5 heteroatoms. The van der Waals surface area contributed by atoms with Gasteiger partial charge in [-0.1, -0.05) is 36.7 Å². The molecule has 0 fully saturated rings. The third kappa shape index (κ3) is 5.03. The molecule has 2 N–H and O–H groups in total. The number of carbonyl (C=O) groups excluding carboxylic acids is 1. The quantitative estimate of drug-likeness (QED) is 0.888. The number of nitrogens with one attached hydrogen (secondary N) is 1. The lowest BCUT2D eigenvalue weighted by atomic mass is 9.86. The van der Waals surface area contributed by atoms with Gasteiger partial charge in [0.2, 0.25) is 5.91 Å². The first-order valence-electron chi connectivity index (χ1n) is 6.02. The first-order valence-corrected chi connectivity index (χ1v) is 6.81. The van der Waals surface area contributed by atoms with Crippen molar-refractivity contribution < 1.29 is 14.7 Å². The predicted octanol–water partition coefficient (Wildman–Crippen LogP) is 3.55. The molecule has 1 aromatic rings. The minimum absolute atomic E-state index is 0.0189. The van der Waals surface area contributed by atoms with Gasteiger partial charge in [-0.2, -0.15) is 0 Å². The molecule has 104 valence electrons. The molecule has 0 heterocycles. The van der Waals surface area contributed by atoms with Crippen LogP contribution in [-0.2, 0) is 15.0 Å². The minimum Gasteiger partial charge on any atom is -0.481 e. The Balaban J connectivity index is 2.89. The Morgan fingerprint density at radius 1 is 1.26 bits per heavy atom. The highest BCUT2D eigenvalue weighted by Crippen LogP contribution is 2.32. The predicted molar refractivity (Wildman–Crippen MR) is 78.3 cm³/mol. The third-order valence-electron chi connectivity index (χ3n) is 2.63. The molecule has 0 radical (unpaired) electrons. The Labute approximate surface area is 121 Å². The van der Waals surface area contributed by atoms with E-state index >= 15 is 0 Å². The molecule has 0 aromatic heterocycles. The Morgan fingerprint density at radius 3 is 2.42 bits per heavy atom. The summed E-state index contributed by atoms with van der Waals surface area (Å²) in [6, 6.07) is 5.64. The number of hydrogen-bond acceptors (Lipinski definition) is 2. The van der Waals surface area contributed by atoms with Crippen molar-refractivity contribution in [2.45, 2.75) is 39.0 Å². The van der Waals surface area contributed by atoms with Crippen molar-refractivity contribution in [3.63, 3.8) is 0 Å². The molecular formula is C14H18BrNO3. The van der Waals surface area contributed by atoms with Gasteiger partial charge in [0, 0.05) is 16.6 Å². The van der Waals surface area contributed by atoms with Crippen LogP contribution in [0.2, 0.25) is 0 Å². The first kappa shape index (κ1) is 15.7. The Hall–Kier alpha value is -1.36. The van der Waals surface area contributed by atoms with Crippen LogP contribution in [0, 0.1) is 0 Å². The topological polar surface area (TPSA) is 66.4 Å². The van der Waals surface area contributed by atoms with Gasteiger partial charge in [-0.05, 0) is 29.2 Å². The van der Waals surface area contributed by atoms with Crippen LogP contribution in [0.5, 0.6) is 0 Å².